The third-order valence-corrected chi connectivity index (χ3v) is 5.80. The van der Waals surface area contributed by atoms with Crippen molar-refractivity contribution in [3.63, 3.8) is 0 Å². The maximum Gasteiger partial charge on any atom is 0.147 e. The van der Waals surface area contributed by atoms with Crippen LogP contribution in [0.15, 0.2) is 0 Å². The fourth-order valence-electron chi connectivity index (χ4n) is 4.14. The van der Waals surface area contributed by atoms with Gasteiger partial charge in [0.1, 0.15) is 23.3 Å². The highest BCUT2D eigenvalue weighted by molar-refractivity contribution is 5.48. The summed E-state index contributed by atoms with van der Waals surface area (Å²) in [6.45, 7) is 9.08. The summed E-state index contributed by atoms with van der Waals surface area (Å²) in [7, 11) is 4.19. The highest BCUT2D eigenvalue weighted by atomic mass is 15.3. The number of hydrogen-bond acceptors (Lipinski definition) is 6. The van der Waals surface area contributed by atoms with Gasteiger partial charge in [0.15, 0.2) is 0 Å². The Kier molecular flexibility index (Phi) is 4.88. The first-order valence-corrected chi connectivity index (χ1v) is 10.1. The SMILES string of the molecule is Cc1nc(C)c(C)c(N2CCC(c3nnc(CN(C)C)n3C3CC3)CC2)n1. The molecule has 146 valence electrons. The standard InChI is InChI=1S/C20H31N7/c1-13-14(2)21-15(3)22-19(13)26-10-8-16(9-11-26)20-24-23-18(12-25(4)5)27(20)17-6-7-17/h16-17H,6-12H2,1-5H3. The number of anilines is 1. The van der Waals surface area contributed by atoms with Gasteiger partial charge in [-0.3, -0.25) is 0 Å². The van der Waals surface area contributed by atoms with Gasteiger partial charge in [0, 0.05) is 36.3 Å². The maximum absolute atomic E-state index is 4.72. The van der Waals surface area contributed by atoms with Crippen LogP contribution in [0.25, 0.3) is 0 Å². The number of rotatable bonds is 5. The molecule has 0 unspecified atom stereocenters. The fraction of sp³-hybridized carbons (Fsp3) is 0.700. The molecule has 3 heterocycles. The Morgan fingerprint density at radius 3 is 2.30 bits per heavy atom. The molecular weight excluding hydrogens is 338 g/mol. The van der Waals surface area contributed by atoms with E-state index in [0.717, 1.165) is 55.6 Å². The second-order valence-corrected chi connectivity index (χ2v) is 8.38. The fourth-order valence-corrected chi connectivity index (χ4v) is 4.14. The van der Waals surface area contributed by atoms with Crippen molar-refractivity contribution in [2.24, 2.45) is 0 Å². The van der Waals surface area contributed by atoms with Crippen LogP contribution in [0.4, 0.5) is 5.82 Å². The minimum Gasteiger partial charge on any atom is -0.356 e. The summed E-state index contributed by atoms with van der Waals surface area (Å²) in [5, 5.41) is 9.18. The maximum atomic E-state index is 4.72. The molecule has 0 aromatic carbocycles. The van der Waals surface area contributed by atoms with E-state index in [1.165, 1.54) is 24.2 Å². The van der Waals surface area contributed by atoms with Crippen LogP contribution in [0.1, 0.15) is 66.4 Å². The predicted molar refractivity (Wildman–Crippen MR) is 106 cm³/mol. The van der Waals surface area contributed by atoms with Crippen LogP contribution in [-0.4, -0.2) is 56.8 Å². The summed E-state index contributed by atoms with van der Waals surface area (Å²) in [6.07, 6.45) is 4.74. The quantitative estimate of drug-likeness (QED) is 0.808. The molecule has 0 atom stereocenters. The van der Waals surface area contributed by atoms with E-state index in [0.29, 0.717) is 12.0 Å². The van der Waals surface area contributed by atoms with Crippen LogP contribution in [0, 0.1) is 20.8 Å². The molecule has 1 saturated heterocycles. The van der Waals surface area contributed by atoms with Crippen molar-refractivity contribution in [1.82, 2.24) is 29.6 Å². The molecule has 1 aliphatic heterocycles. The van der Waals surface area contributed by atoms with Crippen molar-refractivity contribution in [1.29, 1.82) is 0 Å². The zero-order chi connectivity index (χ0) is 19.1. The Morgan fingerprint density at radius 2 is 1.67 bits per heavy atom. The zero-order valence-electron chi connectivity index (χ0n) is 17.2. The molecule has 4 rings (SSSR count). The normalized spacial score (nSPS) is 18.5. The molecule has 0 spiro atoms. The second-order valence-electron chi connectivity index (χ2n) is 8.38. The third kappa shape index (κ3) is 3.70. The number of nitrogens with zero attached hydrogens (tertiary/aromatic N) is 7. The Balaban J connectivity index is 1.51. The molecule has 2 aromatic heterocycles. The van der Waals surface area contributed by atoms with Crippen LogP contribution < -0.4 is 4.90 Å². The molecule has 0 amide bonds. The molecule has 2 aromatic rings. The van der Waals surface area contributed by atoms with Gasteiger partial charge in [0.25, 0.3) is 0 Å². The first kappa shape index (κ1) is 18.3. The largest absolute Gasteiger partial charge is 0.356 e. The van der Waals surface area contributed by atoms with Gasteiger partial charge >= 0.3 is 0 Å². The molecule has 0 N–H and O–H groups in total. The molecule has 1 aliphatic carbocycles. The lowest BCUT2D eigenvalue weighted by molar-refractivity contribution is 0.376. The van der Waals surface area contributed by atoms with Crippen molar-refractivity contribution in [2.45, 2.75) is 65.0 Å². The highest BCUT2D eigenvalue weighted by Crippen LogP contribution is 2.40. The molecule has 27 heavy (non-hydrogen) atoms. The summed E-state index contributed by atoms with van der Waals surface area (Å²) < 4.78 is 2.45. The first-order valence-electron chi connectivity index (χ1n) is 10.1. The van der Waals surface area contributed by atoms with Crippen LogP contribution in [0.5, 0.6) is 0 Å². The molecule has 2 aliphatic rings. The van der Waals surface area contributed by atoms with Crippen molar-refractivity contribution in [2.75, 3.05) is 32.1 Å². The third-order valence-electron chi connectivity index (χ3n) is 5.80. The van der Waals surface area contributed by atoms with E-state index in [-0.39, 0.29) is 0 Å². The van der Waals surface area contributed by atoms with Gasteiger partial charge in [-0.25, -0.2) is 9.97 Å². The van der Waals surface area contributed by atoms with E-state index < -0.39 is 0 Å². The molecular formula is C20H31N7. The van der Waals surface area contributed by atoms with Crippen LogP contribution in [0.3, 0.4) is 0 Å². The van der Waals surface area contributed by atoms with Crippen LogP contribution in [-0.2, 0) is 6.54 Å². The lowest BCUT2D eigenvalue weighted by Crippen LogP contribution is -2.35. The van der Waals surface area contributed by atoms with Crippen LogP contribution >= 0.6 is 0 Å². The number of piperidine rings is 1. The molecule has 1 saturated carbocycles. The highest BCUT2D eigenvalue weighted by Gasteiger charge is 2.34. The van der Waals surface area contributed by atoms with Gasteiger partial charge in [0.2, 0.25) is 0 Å². The van der Waals surface area contributed by atoms with E-state index in [2.05, 4.69) is 57.5 Å². The Morgan fingerprint density at radius 1 is 0.963 bits per heavy atom. The second kappa shape index (κ2) is 7.19. The molecule has 0 bridgehead atoms. The molecule has 7 nitrogen and oxygen atoms in total. The van der Waals surface area contributed by atoms with Gasteiger partial charge in [0.05, 0.1) is 6.54 Å². The van der Waals surface area contributed by atoms with Crippen molar-refractivity contribution >= 4 is 5.82 Å². The molecule has 7 heteroatoms. The van der Waals surface area contributed by atoms with E-state index in [9.17, 15) is 0 Å². The predicted octanol–water partition coefficient (Wildman–Crippen LogP) is 2.77. The minimum atomic E-state index is 0.495. The summed E-state index contributed by atoms with van der Waals surface area (Å²) in [5.74, 6) is 4.79. The van der Waals surface area contributed by atoms with Gasteiger partial charge in [-0.1, -0.05) is 0 Å². The Bertz CT molecular complexity index is 814. The van der Waals surface area contributed by atoms with Gasteiger partial charge in [-0.05, 0) is 60.5 Å². The molecule has 0 radical (unpaired) electrons. The number of aryl methyl sites for hydroxylation is 2. The van der Waals surface area contributed by atoms with E-state index in [4.69, 9.17) is 4.98 Å². The van der Waals surface area contributed by atoms with Crippen molar-refractivity contribution in [3.8, 4) is 0 Å². The average molecular weight is 370 g/mol. The van der Waals surface area contributed by atoms with Gasteiger partial charge in [-0.15, -0.1) is 10.2 Å². The first-order chi connectivity index (χ1) is 12.9. The minimum absolute atomic E-state index is 0.495. The summed E-state index contributed by atoms with van der Waals surface area (Å²) in [6, 6.07) is 0.623. The van der Waals surface area contributed by atoms with Crippen molar-refractivity contribution in [3.05, 3.63) is 28.7 Å². The lowest BCUT2D eigenvalue weighted by atomic mass is 9.95. The van der Waals surface area contributed by atoms with E-state index in [1.54, 1.807) is 0 Å². The van der Waals surface area contributed by atoms with E-state index in [1.807, 2.05) is 6.92 Å². The number of hydrogen-bond donors (Lipinski definition) is 0. The monoisotopic (exact) mass is 369 g/mol. The summed E-state index contributed by atoms with van der Waals surface area (Å²) in [5.41, 5.74) is 2.29. The van der Waals surface area contributed by atoms with Crippen molar-refractivity contribution < 1.29 is 0 Å². The van der Waals surface area contributed by atoms with Crippen LogP contribution in [0.2, 0.25) is 0 Å². The lowest BCUT2D eigenvalue weighted by Gasteiger charge is -2.33. The average Bonchev–Trinajstić information content (AvgIpc) is 3.38. The Labute approximate surface area is 161 Å². The molecule has 2 fully saturated rings. The Hall–Kier alpha value is -2.02. The van der Waals surface area contributed by atoms with Gasteiger partial charge in [-0.2, -0.15) is 0 Å². The smallest absolute Gasteiger partial charge is 0.147 e. The topological polar surface area (TPSA) is 63.0 Å². The number of aromatic nitrogens is 5. The van der Waals surface area contributed by atoms with E-state index >= 15 is 0 Å². The summed E-state index contributed by atoms with van der Waals surface area (Å²) in [4.78, 5) is 13.8. The summed E-state index contributed by atoms with van der Waals surface area (Å²) >= 11 is 0. The van der Waals surface area contributed by atoms with Gasteiger partial charge < -0.3 is 14.4 Å². The zero-order valence-corrected chi connectivity index (χ0v) is 17.2.